The molecule has 1 fully saturated rings. The summed E-state index contributed by atoms with van der Waals surface area (Å²) < 4.78 is 2.40. The number of rotatable bonds is 4. The Bertz CT molecular complexity index is 596. The van der Waals surface area contributed by atoms with E-state index in [0.29, 0.717) is 6.04 Å². The van der Waals surface area contributed by atoms with Crippen LogP contribution in [0.3, 0.4) is 0 Å². The van der Waals surface area contributed by atoms with Gasteiger partial charge in [-0.05, 0) is 51.1 Å². The molecule has 2 aromatic rings. The number of anilines is 1. The first kappa shape index (κ1) is 13.4. The van der Waals surface area contributed by atoms with Gasteiger partial charge in [0.25, 0.3) is 0 Å². The van der Waals surface area contributed by atoms with Crippen LogP contribution >= 0.6 is 0 Å². The molecule has 1 aliphatic heterocycles. The Morgan fingerprint density at radius 3 is 2.75 bits per heavy atom. The maximum Gasteiger partial charge on any atom is 0.109 e. The Morgan fingerprint density at radius 2 is 2.05 bits per heavy atom. The summed E-state index contributed by atoms with van der Waals surface area (Å²) in [7, 11) is 0. The van der Waals surface area contributed by atoms with Crippen molar-refractivity contribution in [3.05, 3.63) is 24.0 Å². The molecule has 0 bridgehead atoms. The Labute approximate surface area is 120 Å². The first-order valence-electron chi connectivity index (χ1n) is 7.67. The third-order valence-electron chi connectivity index (χ3n) is 4.26. The summed E-state index contributed by atoms with van der Waals surface area (Å²) in [5, 5.41) is 0. The number of nitrogen functional groups attached to an aromatic ring is 1. The number of nitrogens with zero attached hydrogens (tertiary/aromatic N) is 3. The zero-order valence-electron chi connectivity index (χ0n) is 12.5. The van der Waals surface area contributed by atoms with Crippen LogP contribution in [0, 0.1) is 0 Å². The van der Waals surface area contributed by atoms with Crippen molar-refractivity contribution in [3.63, 3.8) is 0 Å². The number of aromatic nitrogens is 2. The molecule has 1 aliphatic rings. The van der Waals surface area contributed by atoms with E-state index >= 15 is 0 Å². The number of hydrogen-bond donors (Lipinski definition) is 1. The molecule has 1 atom stereocenters. The second kappa shape index (κ2) is 5.44. The smallest absolute Gasteiger partial charge is 0.109 e. The standard InChI is InChI=1S/C16H24N4/c1-3-16-18-14-10-13(17)6-7-15(14)20(16)12(2)11-19-8-4-5-9-19/h6-7,10,12H,3-5,8-9,11,17H2,1-2H3. The van der Waals surface area contributed by atoms with E-state index in [-0.39, 0.29) is 0 Å². The fourth-order valence-corrected chi connectivity index (χ4v) is 3.33. The monoisotopic (exact) mass is 272 g/mol. The van der Waals surface area contributed by atoms with Crippen molar-refractivity contribution in [2.24, 2.45) is 0 Å². The van der Waals surface area contributed by atoms with E-state index in [0.717, 1.165) is 30.0 Å². The van der Waals surface area contributed by atoms with Gasteiger partial charge in [-0.25, -0.2) is 4.98 Å². The van der Waals surface area contributed by atoms with E-state index < -0.39 is 0 Å². The zero-order valence-corrected chi connectivity index (χ0v) is 12.5. The molecule has 0 saturated carbocycles. The number of hydrogen-bond acceptors (Lipinski definition) is 3. The van der Waals surface area contributed by atoms with E-state index in [1.54, 1.807) is 0 Å². The van der Waals surface area contributed by atoms with Crippen molar-refractivity contribution in [1.29, 1.82) is 0 Å². The minimum absolute atomic E-state index is 0.455. The van der Waals surface area contributed by atoms with Gasteiger partial charge in [-0.2, -0.15) is 0 Å². The molecule has 2 heterocycles. The van der Waals surface area contributed by atoms with Gasteiger partial charge in [0.1, 0.15) is 5.82 Å². The summed E-state index contributed by atoms with van der Waals surface area (Å²) in [5.41, 5.74) is 8.90. The number of imidazole rings is 1. The second-order valence-corrected chi connectivity index (χ2v) is 5.86. The lowest BCUT2D eigenvalue weighted by Gasteiger charge is -2.23. The molecule has 1 aromatic heterocycles. The third kappa shape index (κ3) is 2.40. The Morgan fingerprint density at radius 1 is 1.30 bits per heavy atom. The molecular formula is C16H24N4. The van der Waals surface area contributed by atoms with Gasteiger partial charge in [-0.1, -0.05) is 6.92 Å². The fraction of sp³-hybridized carbons (Fsp3) is 0.562. The predicted octanol–water partition coefficient (Wildman–Crippen LogP) is 2.84. The van der Waals surface area contributed by atoms with Crippen molar-refractivity contribution in [3.8, 4) is 0 Å². The highest BCUT2D eigenvalue weighted by atomic mass is 15.2. The summed E-state index contributed by atoms with van der Waals surface area (Å²) in [4.78, 5) is 7.31. The first-order chi connectivity index (χ1) is 9.69. The van der Waals surface area contributed by atoms with Crippen molar-refractivity contribution >= 4 is 16.7 Å². The highest BCUT2D eigenvalue weighted by Crippen LogP contribution is 2.25. The molecule has 0 spiro atoms. The minimum Gasteiger partial charge on any atom is -0.399 e. The van der Waals surface area contributed by atoms with Gasteiger partial charge in [0.15, 0.2) is 0 Å². The lowest BCUT2D eigenvalue weighted by atomic mass is 10.2. The molecule has 1 unspecified atom stereocenters. The van der Waals surface area contributed by atoms with Crippen LogP contribution in [0.5, 0.6) is 0 Å². The van der Waals surface area contributed by atoms with Gasteiger partial charge in [-0.3, -0.25) is 0 Å². The summed E-state index contributed by atoms with van der Waals surface area (Å²) >= 11 is 0. The molecule has 108 valence electrons. The minimum atomic E-state index is 0.455. The van der Waals surface area contributed by atoms with E-state index in [9.17, 15) is 0 Å². The molecule has 2 N–H and O–H groups in total. The lowest BCUT2D eigenvalue weighted by molar-refractivity contribution is 0.288. The third-order valence-corrected chi connectivity index (χ3v) is 4.26. The number of fused-ring (bicyclic) bond motifs is 1. The summed E-state index contributed by atoms with van der Waals surface area (Å²) in [6, 6.07) is 6.52. The van der Waals surface area contributed by atoms with Crippen molar-refractivity contribution in [2.45, 2.75) is 39.2 Å². The molecule has 1 saturated heterocycles. The Hall–Kier alpha value is -1.55. The van der Waals surface area contributed by atoms with Gasteiger partial charge in [0.05, 0.1) is 11.0 Å². The Kier molecular flexibility index (Phi) is 3.66. The van der Waals surface area contributed by atoms with Gasteiger partial charge < -0.3 is 15.2 Å². The van der Waals surface area contributed by atoms with E-state index in [2.05, 4.69) is 29.4 Å². The maximum atomic E-state index is 5.88. The summed E-state index contributed by atoms with van der Waals surface area (Å²) in [6.45, 7) is 8.07. The zero-order chi connectivity index (χ0) is 14.1. The predicted molar refractivity (Wildman–Crippen MR) is 83.9 cm³/mol. The van der Waals surface area contributed by atoms with Gasteiger partial charge >= 0.3 is 0 Å². The SMILES string of the molecule is CCc1nc2cc(N)ccc2n1C(C)CN1CCCC1. The molecule has 1 aromatic carbocycles. The number of nitrogens with two attached hydrogens (primary N) is 1. The van der Waals surface area contributed by atoms with Crippen LogP contribution in [0.25, 0.3) is 11.0 Å². The van der Waals surface area contributed by atoms with Crippen molar-refractivity contribution in [1.82, 2.24) is 14.5 Å². The maximum absolute atomic E-state index is 5.88. The van der Waals surface area contributed by atoms with E-state index in [4.69, 9.17) is 10.7 Å². The van der Waals surface area contributed by atoms with Crippen LogP contribution < -0.4 is 5.73 Å². The van der Waals surface area contributed by atoms with E-state index in [1.165, 1.54) is 31.4 Å². The van der Waals surface area contributed by atoms with Gasteiger partial charge in [0, 0.05) is 24.7 Å². The first-order valence-corrected chi connectivity index (χ1v) is 7.67. The van der Waals surface area contributed by atoms with Crippen LogP contribution in [0.4, 0.5) is 5.69 Å². The highest BCUT2D eigenvalue weighted by Gasteiger charge is 2.19. The second-order valence-electron chi connectivity index (χ2n) is 5.86. The van der Waals surface area contributed by atoms with Crippen LogP contribution in [0.2, 0.25) is 0 Å². The van der Waals surface area contributed by atoms with Gasteiger partial charge in [-0.15, -0.1) is 0 Å². The average Bonchev–Trinajstić information content (AvgIpc) is 3.04. The number of likely N-dealkylation sites (tertiary alicyclic amines) is 1. The molecular weight excluding hydrogens is 248 g/mol. The molecule has 4 heteroatoms. The van der Waals surface area contributed by atoms with Crippen molar-refractivity contribution in [2.75, 3.05) is 25.4 Å². The average molecular weight is 272 g/mol. The van der Waals surface area contributed by atoms with E-state index in [1.807, 2.05) is 12.1 Å². The number of benzene rings is 1. The fourth-order valence-electron chi connectivity index (χ4n) is 3.33. The molecule has 0 aliphatic carbocycles. The van der Waals surface area contributed by atoms with Crippen LogP contribution in [0.15, 0.2) is 18.2 Å². The Balaban J connectivity index is 1.95. The molecule has 0 amide bonds. The molecule has 4 nitrogen and oxygen atoms in total. The van der Waals surface area contributed by atoms with Gasteiger partial charge in [0.2, 0.25) is 0 Å². The summed E-state index contributed by atoms with van der Waals surface area (Å²) in [5.74, 6) is 1.16. The van der Waals surface area contributed by atoms with Crippen LogP contribution in [-0.4, -0.2) is 34.1 Å². The number of aryl methyl sites for hydroxylation is 1. The molecule has 3 rings (SSSR count). The quantitative estimate of drug-likeness (QED) is 0.871. The normalized spacial score (nSPS) is 17.9. The molecule has 20 heavy (non-hydrogen) atoms. The largest absolute Gasteiger partial charge is 0.399 e. The van der Waals surface area contributed by atoms with Crippen LogP contribution in [-0.2, 0) is 6.42 Å². The van der Waals surface area contributed by atoms with Crippen molar-refractivity contribution < 1.29 is 0 Å². The molecule has 0 radical (unpaired) electrons. The highest BCUT2D eigenvalue weighted by molar-refractivity contribution is 5.79. The van der Waals surface area contributed by atoms with Crippen LogP contribution in [0.1, 0.15) is 38.6 Å². The topological polar surface area (TPSA) is 47.1 Å². The lowest BCUT2D eigenvalue weighted by Crippen LogP contribution is -2.27. The summed E-state index contributed by atoms with van der Waals surface area (Å²) in [6.07, 6.45) is 3.64.